The largest absolute Gasteiger partial charge is 0.386 e. The molecule has 8 heteroatoms. The summed E-state index contributed by atoms with van der Waals surface area (Å²) in [4.78, 5) is 7.27. The van der Waals surface area contributed by atoms with E-state index in [1.165, 1.54) is 30.0 Å². The summed E-state index contributed by atoms with van der Waals surface area (Å²) in [5.74, 6) is 0. The molecule has 2 unspecified atom stereocenters. The van der Waals surface area contributed by atoms with Gasteiger partial charge in [0.25, 0.3) is 0 Å². The Labute approximate surface area is 84.2 Å². The number of hydrogen-bond donors (Lipinski definition) is 1. The Morgan fingerprint density at radius 2 is 1.93 bits per heavy atom. The third kappa shape index (κ3) is 2.15. The Kier molecular flexibility index (Phi) is 2.68. The van der Waals surface area contributed by atoms with E-state index in [1.807, 2.05) is 0 Å². The lowest BCUT2D eigenvalue weighted by Crippen LogP contribution is -2.26. The molecule has 80 valence electrons. The molecule has 0 radical (unpaired) electrons. The Balaban J connectivity index is 1.99. The summed E-state index contributed by atoms with van der Waals surface area (Å²) in [7, 11) is 0. The number of hydrogen-bond acceptors (Lipinski definition) is 5. The van der Waals surface area contributed by atoms with Crippen LogP contribution in [0, 0.1) is 0 Å². The molecule has 0 aromatic carbocycles. The van der Waals surface area contributed by atoms with E-state index in [1.54, 1.807) is 0 Å². The highest BCUT2D eigenvalue weighted by Crippen LogP contribution is 2.12. The molecule has 0 aliphatic rings. The minimum atomic E-state index is -1.64. The number of aliphatic hydroxyl groups excluding tert-OH is 1. The SMILES string of the molecule is OC(Cn1cncn1)C(F)n1cncn1. The van der Waals surface area contributed by atoms with Crippen molar-refractivity contribution in [2.45, 2.75) is 18.9 Å². The molecule has 2 rings (SSSR count). The van der Waals surface area contributed by atoms with Crippen molar-refractivity contribution in [3.05, 3.63) is 25.3 Å². The molecule has 0 spiro atoms. The van der Waals surface area contributed by atoms with Crippen LogP contribution in [-0.2, 0) is 6.54 Å². The molecule has 15 heavy (non-hydrogen) atoms. The van der Waals surface area contributed by atoms with Gasteiger partial charge in [-0.05, 0) is 0 Å². The van der Waals surface area contributed by atoms with Crippen molar-refractivity contribution in [2.75, 3.05) is 0 Å². The highest BCUT2D eigenvalue weighted by molar-refractivity contribution is 4.69. The lowest BCUT2D eigenvalue weighted by atomic mass is 10.3. The first-order valence-corrected chi connectivity index (χ1v) is 4.26. The lowest BCUT2D eigenvalue weighted by Gasteiger charge is -2.14. The molecule has 0 saturated heterocycles. The van der Waals surface area contributed by atoms with E-state index in [4.69, 9.17) is 0 Å². The average Bonchev–Trinajstić information content (AvgIpc) is 2.88. The Bertz CT molecular complexity index is 388. The zero-order chi connectivity index (χ0) is 10.7. The minimum absolute atomic E-state index is 0.0149. The fourth-order valence-corrected chi connectivity index (χ4v) is 1.13. The number of alkyl halides is 1. The topological polar surface area (TPSA) is 81.6 Å². The molecule has 7 nitrogen and oxygen atoms in total. The molecule has 0 saturated carbocycles. The standard InChI is InChI=1S/C7H9FN6O/c8-7(14-5-10-3-12-14)6(15)1-13-4-9-2-11-13/h2-7,15H,1H2. The molecule has 0 aliphatic carbocycles. The first kappa shape index (κ1) is 9.71. The number of aromatic nitrogens is 6. The maximum Gasteiger partial charge on any atom is 0.220 e. The number of halogens is 1. The van der Waals surface area contributed by atoms with Crippen molar-refractivity contribution in [2.24, 2.45) is 0 Å². The van der Waals surface area contributed by atoms with Gasteiger partial charge in [-0.15, -0.1) is 0 Å². The molecule has 0 amide bonds. The average molecular weight is 212 g/mol. The van der Waals surface area contributed by atoms with Gasteiger partial charge in [-0.3, -0.25) is 4.68 Å². The van der Waals surface area contributed by atoms with Gasteiger partial charge in [0.1, 0.15) is 31.4 Å². The van der Waals surface area contributed by atoms with Crippen LogP contribution in [0.5, 0.6) is 0 Å². The van der Waals surface area contributed by atoms with Crippen molar-refractivity contribution in [1.29, 1.82) is 0 Å². The van der Waals surface area contributed by atoms with Gasteiger partial charge in [0.2, 0.25) is 6.30 Å². The Morgan fingerprint density at radius 1 is 1.20 bits per heavy atom. The normalized spacial score (nSPS) is 15.1. The molecule has 0 fully saturated rings. The molecular formula is C7H9FN6O. The summed E-state index contributed by atoms with van der Waals surface area (Å²) in [6, 6.07) is 0. The van der Waals surface area contributed by atoms with Crippen molar-refractivity contribution in [3.63, 3.8) is 0 Å². The monoisotopic (exact) mass is 212 g/mol. The van der Waals surface area contributed by atoms with Crippen molar-refractivity contribution < 1.29 is 9.50 Å². The van der Waals surface area contributed by atoms with Gasteiger partial charge in [0.05, 0.1) is 6.54 Å². The van der Waals surface area contributed by atoms with Crippen molar-refractivity contribution in [3.8, 4) is 0 Å². The van der Waals surface area contributed by atoms with E-state index in [2.05, 4.69) is 20.2 Å². The van der Waals surface area contributed by atoms with E-state index in [-0.39, 0.29) is 6.54 Å². The van der Waals surface area contributed by atoms with Crippen LogP contribution >= 0.6 is 0 Å². The fourth-order valence-electron chi connectivity index (χ4n) is 1.13. The predicted octanol–water partition coefficient (Wildman–Crippen LogP) is -0.601. The van der Waals surface area contributed by atoms with Crippen LogP contribution in [0.4, 0.5) is 4.39 Å². The third-order valence-corrected chi connectivity index (χ3v) is 1.85. The quantitative estimate of drug-likeness (QED) is 0.731. The second-order valence-corrected chi connectivity index (χ2v) is 2.93. The van der Waals surface area contributed by atoms with Gasteiger partial charge in [-0.1, -0.05) is 0 Å². The zero-order valence-corrected chi connectivity index (χ0v) is 7.68. The van der Waals surface area contributed by atoms with Crippen LogP contribution in [-0.4, -0.2) is 40.7 Å². The van der Waals surface area contributed by atoms with E-state index in [0.717, 1.165) is 4.68 Å². The molecule has 2 heterocycles. The summed E-state index contributed by atoms with van der Waals surface area (Å²) in [6.45, 7) is 0.0149. The fraction of sp³-hybridized carbons (Fsp3) is 0.429. The van der Waals surface area contributed by atoms with E-state index in [9.17, 15) is 9.50 Å². The molecular weight excluding hydrogens is 203 g/mol. The first-order valence-electron chi connectivity index (χ1n) is 4.26. The van der Waals surface area contributed by atoms with Gasteiger partial charge >= 0.3 is 0 Å². The van der Waals surface area contributed by atoms with Crippen molar-refractivity contribution in [1.82, 2.24) is 29.5 Å². The van der Waals surface area contributed by atoms with Gasteiger partial charge in [-0.2, -0.15) is 10.2 Å². The van der Waals surface area contributed by atoms with Gasteiger partial charge in [0.15, 0.2) is 0 Å². The molecule has 0 bridgehead atoms. The number of aliphatic hydroxyl groups is 1. The number of rotatable bonds is 4. The summed E-state index contributed by atoms with van der Waals surface area (Å²) >= 11 is 0. The zero-order valence-electron chi connectivity index (χ0n) is 7.68. The highest BCUT2D eigenvalue weighted by Gasteiger charge is 2.21. The molecule has 2 aromatic rings. The van der Waals surface area contributed by atoms with Crippen LogP contribution in [0.15, 0.2) is 25.3 Å². The Morgan fingerprint density at radius 3 is 2.53 bits per heavy atom. The Hall–Kier alpha value is -1.83. The van der Waals surface area contributed by atoms with E-state index in [0.29, 0.717) is 0 Å². The predicted molar refractivity (Wildman–Crippen MR) is 46.2 cm³/mol. The van der Waals surface area contributed by atoms with E-state index >= 15 is 0 Å². The number of nitrogens with zero attached hydrogens (tertiary/aromatic N) is 6. The summed E-state index contributed by atoms with van der Waals surface area (Å²) in [5, 5.41) is 16.9. The van der Waals surface area contributed by atoms with Crippen LogP contribution in [0.1, 0.15) is 6.30 Å². The second kappa shape index (κ2) is 4.13. The molecule has 2 aromatic heterocycles. The summed E-state index contributed by atoms with van der Waals surface area (Å²) < 4.78 is 15.8. The molecule has 1 N–H and O–H groups in total. The third-order valence-electron chi connectivity index (χ3n) is 1.85. The second-order valence-electron chi connectivity index (χ2n) is 2.93. The maximum absolute atomic E-state index is 13.5. The van der Waals surface area contributed by atoms with Gasteiger partial charge in [-0.25, -0.2) is 19.0 Å². The van der Waals surface area contributed by atoms with E-state index < -0.39 is 12.4 Å². The highest BCUT2D eigenvalue weighted by atomic mass is 19.1. The maximum atomic E-state index is 13.5. The van der Waals surface area contributed by atoms with Crippen LogP contribution in [0.25, 0.3) is 0 Å². The van der Waals surface area contributed by atoms with Crippen LogP contribution < -0.4 is 0 Å². The van der Waals surface area contributed by atoms with Crippen LogP contribution in [0.2, 0.25) is 0 Å². The summed E-state index contributed by atoms with van der Waals surface area (Å²) in [6.07, 6.45) is 2.24. The summed E-state index contributed by atoms with van der Waals surface area (Å²) in [5.41, 5.74) is 0. The minimum Gasteiger partial charge on any atom is -0.386 e. The first-order chi connectivity index (χ1) is 7.27. The smallest absolute Gasteiger partial charge is 0.220 e. The lowest BCUT2D eigenvalue weighted by molar-refractivity contribution is 0.0129. The molecule has 2 atom stereocenters. The molecule has 0 aliphatic heterocycles. The van der Waals surface area contributed by atoms with Gasteiger partial charge < -0.3 is 5.11 Å². The van der Waals surface area contributed by atoms with Crippen LogP contribution in [0.3, 0.4) is 0 Å². The van der Waals surface area contributed by atoms with Gasteiger partial charge in [0, 0.05) is 0 Å². The van der Waals surface area contributed by atoms with Crippen molar-refractivity contribution >= 4 is 0 Å².